The van der Waals surface area contributed by atoms with E-state index >= 15 is 0 Å². The molecule has 0 spiro atoms. The number of aryl methyl sites for hydroxylation is 2. The summed E-state index contributed by atoms with van der Waals surface area (Å²) in [5.74, 6) is 1.14. The lowest BCUT2D eigenvalue weighted by Crippen LogP contribution is -2.21. The third-order valence-corrected chi connectivity index (χ3v) is 4.69. The Morgan fingerprint density at radius 2 is 1.87 bits per heavy atom. The molecule has 0 atom stereocenters. The van der Waals surface area contributed by atoms with Crippen molar-refractivity contribution >= 4 is 23.1 Å². The molecule has 0 aliphatic carbocycles. The van der Waals surface area contributed by atoms with Crippen LogP contribution in [0.25, 0.3) is 16.9 Å². The zero-order valence-corrected chi connectivity index (χ0v) is 14.1. The number of rotatable bonds is 2. The van der Waals surface area contributed by atoms with Crippen LogP contribution in [0.5, 0.6) is 0 Å². The summed E-state index contributed by atoms with van der Waals surface area (Å²) < 4.78 is 1.99. The van der Waals surface area contributed by atoms with Gasteiger partial charge in [0.15, 0.2) is 5.65 Å². The smallest absolute Gasteiger partial charge is 0.161 e. The van der Waals surface area contributed by atoms with E-state index in [2.05, 4.69) is 17.9 Å². The Labute approximate surface area is 140 Å². The first-order valence-electron chi connectivity index (χ1n) is 8.01. The van der Waals surface area contributed by atoms with Crippen molar-refractivity contribution in [1.29, 1.82) is 0 Å². The lowest BCUT2D eigenvalue weighted by molar-refractivity contribution is 0.847. The average Bonchev–Trinajstić information content (AvgIpc) is 3.16. The number of anilines is 1. The average molecular weight is 327 g/mol. The molecule has 23 heavy (non-hydrogen) atoms. The molecule has 118 valence electrons. The number of halogens is 1. The molecule has 0 saturated carbocycles. The predicted molar refractivity (Wildman–Crippen MR) is 94.4 cm³/mol. The number of aromatic nitrogens is 3. The fourth-order valence-corrected chi connectivity index (χ4v) is 3.50. The van der Waals surface area contributed by atoms with Crippen LogP contribution < -0.4 is 4.90 Å². The highest BCUT2D eigenvalue weighted by molar-refractivity contribution is 6.30. The van der Waals surface area contributed by atoms with Crippen molar-refractivity contribution in [2.45, 2.75) is 26.7 Å². The van der Waals surface area contributed by atoms with Crippen LogP contribution in [0, 0.1) is 13.8 Å². The van der Waals surface area contributed by atoms with Gasteiger partial charge in [0.25, 0.3) is 0 Å². The highest BCUT2D eigenvalue weighted by Gasteiger charge is 2.20. The van der Waals surface area contributed by atoms with Crippen LogP contribution in [-0.4, -0.2) is 27.7 Å². The van der Waals surface area contributed by atoms with Gasteiger partial charge in [-0.05, 0) is 38.8 Å². The highest BCUT2D eigenvalue weighted by atomic mass is 35.5. The molecule has 1 saturated heterocycles. The summed E-state index contributed by atoms with van der Waals surface area (Å²) in [6, 6.07) is 9.98. The van der Waals surface area contributed by atoms with E-state index in [0.717, 1.165) is 52.1 Å². The van der Waals surface area contributed by atoms with Crippen molar-refractivity contribution in [2.75, 3.05) is 18.0 Å². The van der Waals surface area contributed by atoms with Gasteiger partial charge in [-0.2, -0.15) is 9.61 Å². The zero-order chi connectivity index (χ0) is 16.0. The second kappa shape index (κ2) is 5.53. The van der Waals surface area contributed by atoms with Crippen LogP contribution in [0.2, 0.25) is 5.02 Å². The third kappa shape index (κ3) is 2.47. The first kappa shape index (κ1) is 14.5. The molecular weight excluding hydrogens is 308 g/mol. The van der Waals surface area contributed by atoms with E-state index < -0.39 is 0 Å². The van der Waals surface area contributed by atoms with Crippen molar-refractivity contribution in [1.82, 2.24) is 14.6 Å². The Morgan fingerprint density at radius 1 is 1.09 bits per heavy atom. The summed E-state index contributed by atoms with van der Waals surface area (Å²) in [4.78, 5) is 7.12. The summed E-state index contributed by atoms with van der Waals surface area (Å²) in [7, 11) is 0. The standard InChI is InChI=1S/C18H19ClN4/c1-12-10-16(22-8-3-4-9-22)23-18(20-12)13(2)17(21-23)14-6-5-7-15(19)11-14/h5-7,10-11H,3-4,8-9H2,1-2H3. The molecule has 0 amide bonds. The molecular formula is C18H19ClN4. The highest BCUT2D eigenvalue weighted by Crippen LogP contribution is 2.30. The lowest BCUT2D eigenvalue weighted by Gasteiger charge is -2.18. The molecule has 0 bridgehead atoms. The molecule has 4 rings (SSSR count). The van der Waals surface area contributed by atoms with Crippen molar-refractivity contribution in [3.05, 3.63) is 46.6 Å². The Hall–Kier alpha value is -2.07. The molecule has 1 fully saturated rings. The third-order valence-electron chi connectivity index (χ3n) is 4.46. The molecule has 1 aromatic carbocycles. The van der Waals surface area contributed by atoms with Gasteiger partial charge in [-0.3, -0.25) is 0 Å². The maximum atomic E-state index is 6.15. The molecule has 5 heteroatoms. The maximum absolute atomic E-state index is 6.15. The summed E-state index contributed by atoms with van der Waals surface area (Å²) in [6.45, 7) is 6.30. The predicted octanol–water partition coefficient (Wildman–Crippen LogP) is 4.27. The van der Waals surface area contributed by atoms with E-state index in [1.807, 2.05) is 35.7 Å². The topological polar surface area (TPSA) is 33.4 Å². The van der Waals surface area contributed by atoms with Crippen LogP contribution >= 0.6 is 11.6 Å². The summed E-state index contributed by atoms with van der Waals surface area (Å²) in [5, 5.41) is 5.59. The van der Waals surface area contributed by atoms with E-state index in [1.54, 1.807) is 0 Å². The SMILES string of the molecule is Cc1cc(N2CCCC2)n2nc(-c3cccc(Cl)c3)c(C)c2n1. The zero-order valence-electron chi connectivity index (χ0n) is 13.4. The monoisotopic (exact) mass is 326 g/mol. The second-order valence-electron chi connectivity index (χ2n) is 6.17. The van der Waals surface area contributed by atoms with Gasteiger partial charge in [0.05, 0.1) is 5.69 Å². The van der Waals surface area contributed by atoms with Gasteiger partial charge >= 0.3 is 0 Å². The van der Waals surface area contributed by atoms with Crippen LogP contribution in [0.15, 0.2) is 30.3 Å². The molecule has 1 aliphatic heterocycles. The van der Waals surface area contributed by atoms with Crippen molar-refractivity contribution in [3.63, 3.8) is 0 Å². The van der Waals surface area contributed by atoms with E-state index in [-0.39, 0.29) is 0 Å². The van der Waals surface area contributed by atoms with Gasteiger partial charge in [-0.1, -0.05) is 23.7 Å². The fraction of sp³-hybridized carbons (Fsp3) is 0.333. The Balaban J connectivity index is 1.94. The number of nitrogens with zero attached hydrogens (tertiary/aromatic N) is 4. The lowest BCUT2D eigenvalue weighted by atomic mass is 10.1. The Bertz CT molecular complexity index is 878. The van der Waals surface area contributed by atoms with Crippen LogP contribution in [0.3, 0.4) is 0 Å². The van der Waals surface area contributed by atoms with E-state index in [0.29, 0.717) is 0 Å². The van der Waals surface area contributed by atoms with Crippen LogP contribution in [-0.2, 0) is 0 Å². The van der Waals surface area contributed by atoms with E-state index in [9.17, 15) is 0 Å². The van der Waals surface area contributed by atoms with E-state index in [4.69, 9.17) is 21.7 Å². The van der Waals surface area contributed by atoms with Crippen molar-refractivity contribution in [2.24, 2.45) is 0 Å². The fourth-order valence-electron chi connectivity index (χ4n) is 3.31. The minimum absolute atomic E-state index is 0.725. The summed E-state index contributed by atoms with van der Waals surface area (Å²) in [6.07, 6.45) is 2.48. The minimum Gasteiger partial charge on any atom is -0.356 e. The van der Waals surface area contributed by atoms with Gasteiger partial charge in [-0.15, -0.1) is 0 Å². The summed E-state index contributed by atoms with van der Waals surface area (Å²) in [5.41, 5.74) is 5.04. The molecule has 3 aromatic rings. The Kier molecular flexibility index (Phi) is 3.49. The molecule has 0 radical (unpaired) electrons. The number of benzene rings is 1. The minimum atomic E-state index is 0.725. The number of hydrogen-bond acceptors (Lipinski definition) is 3. The van der Waals surface area contributed by atoms with E-state index in [1.165, 1.54) is 12.8 Å². The quantitative estimate of drug-likeness (QED) is 0.705. The van der Waals surface area contributed by atoms with Gasteiger partial charge in [-0.25, -0.2) is 4.98 Å². The summed E-state index contributed by atoms with van der Waals surface area (Å²) >= 11 is 6.15. The molecule has 4 nitrogen and oxygen atoms in total. The van der Waals surface area contributed by atoms with Gasteiger partial charge < -0.3 is 4.90 Å². The van der Waals surface area contributed by atoms with Crippen LogP contribution in [0.1, 0.15) is 24.1 Å². The molecule has 0 unspecified atom stereocenters. The molecule has 0 N–H and O–H groups in total. The van der Waals surface area contributed by atoms with Gasteiger partial charge in [0, 0.05) is 41.0 Å². The molecule has 3 heterocycles. The first-order valence-corrected chi connectivity index (χ1v) is 8.39. The van der Waals surface area contributed by atoms with Gasteiger partial charge in [0.2, 0.25) is 0 Å². The normalized spacial score (nSPS) is 14.8. The van der Waals surface area contributed by atoms with Crippen molar-refractivity contribution in [3.8, 4) is 11.3 Å². The first-order chi connectivity index (χ1) is 11.1. The van der Waals surface area contributed by atoms with Crippen LogP contribution in [0.4, 0.5) is 5.82 Å². The number of fused-ring (bicyclic) bond motifs is 1. The second-order valence-corrected chi connectivity index (χ2v) is 6.61. The number of hydrogen-bond donors (Lipinski definition) is 0. The van der Waals surface area contributed by atoms with Crippen molar-refractivity contribution < 1.29 is 0 Å². The Morgan fingerprint density at radius 3 is 2.61 bits per heavy atom. The molecule has 2 aromatic heterocycles. The largest absolute Gasteiger partial charge is 0.356 e. The molecule has 1 aliphatic rings. The van der Waals surface area contributed by atoms with Gasteiger partial charge in [0.1, 0.15) is 5.82 Å². The maximum Gasteiger partial charge on any atom is 0.161 e.